The van der Waals surface area contributed by atoms with Gasteiger partial charge in [-0.3, -0.25) is 19.7 Å². The fraction of sp³-hybridized carbons (Fsp3) is 0.588. The summed E-state index contributed by atoms with van der Waals surface area (Å²) in [6, 6.07) is 11.9. The fourth-order valence-corrected chi connectivity index (χ4v) is 8.89. The molecule has 2 saturated carbocycles. The predicted octanol–water partition coefficient (Wildman–Crippen LogP) is 7.52. The molecule has 0 aromatic heterocycles. The summed E-state index contributed by atoms with van der Waals surface area (Å²) in [4.78, 5) is 39.2. The van der Waals surface area contributed by atoms with Crippen molar-refractivity contribution in [1.82, 2.24) is 0 Å². The Labute approximate surface area is 243 Å². The number of carbonyl (C=O) groups is 2. The summed E-state index contributed by atoms with van der Waals surface area (Å²) in [6.07, 6.45) is 8.87. The summed E-state index contributed by atoms with van der Waals surface area (Å²) in [5, 5.41) is 15.7. The van der Waals surface area contributed by atoms with E-state index in [0.29, 0.717) is 29.8 Å². The van der Waals surface area contributed by atoms with Gasteiger partial charge >= 0.3 is 0 Å². The SMILES string of the molecule is CC(C)c1ccc2c(c1)CCC1C(C)(CNc3ccc(N4C(=O)C5CCCCC5C4=O)cc3[N+](=O)[O-])CCCC21C. The molecule has 6 rings (SSSR count). The highest BCUT2D eigenvalue weighted by Gasteiger charge is 2.52. The van der Waals surface area contributed by atoms with E-state index in [4.69, 9.17) is 0 Å². The third kappa shape index (κ3) is 4.56. The molecule has 1 heterocycles. The van der Waals surface area contributed by atoms with Crippen molar-refractivity contribution in [1.29, 1.82) is 0 Å². The number of nitrogens with zero attached hydrogens (tertiary/aromatic N) is 2. The van der Waals surface area contributed by atoms with E-state index < -0.39 is 4.92 Å². The topological polar surface area (TPSA) is 92.6 Å². The minimum atomic E-state index is -0.402. The molecule has 7 nitrogen and oxygen atoms in total. The van der Waals surface area contributed by atoms with Gasteiger partial charge in [0.2, 0.25) is 11.8 Å². The number of nitro benzene ring substituents is 1. The maximum absolute atomic E-state index is 13.1. The van der Waals surface area contributed by atoms with E-state index in [1.807, 2.05) is 0 Å². The van der Waals surface area contributed by atoms with E-state index in [9.17, 15) is 19.7 Å². The summed E-state index contributed by atoms with van der Waals surface area (Å²) < 4.78 is 0. The van der Waals surface area contributed by atoms with Gasteiger partial charge in [-0.1, -0.05) is 65.2 Å². The summed E-state index contributed by atoms with van der Waals surface area (Å²) in [5.74, 6) is -0.00374. The average Bonchev–Trinajstić information content (AvgIpc) is 3.21. The minimum Gasteiger partial charge on any atom is -0.379 e. The predicted molar refractivity (Wildman–Crippen MR) is 161 cm³/mol. The zero-order valence-electron chi connectivity index (χ0n) is 24.9. The number of imide groups is 1. The van der Waals surface area contributed by atoms with Crippen LogP contribution in [-0.4, -0.2) is 23.3 Å². The summed E-state index contributed by atoms with van der Waals surface area (Å²) in [7, 11) is 0. The molecule has 1 aliphatic heterocycles. The first-order chi connectivity index (χ1) is 19.5. The van der Waals surface area contributed by atoms with Crippen molar-refractivity contribution in [3.63, 3.8) is 0 Å². The van der Waals surface area contributed by atoms with Crippen molar-refractivity contribution in [2.45, 2.75) is 96.8 Å². The van der Waals surface area contributed by atoms with Crippen LogP contribution in [0, 0.1) is 33.3 Å². The molecule has 2 aromatic rings. The number of hydrogen-bond acceptors (Lipinski definition) is 5. The lowest BCUT2D eigenvalue weighted by Gasteiger charge is -2.55. The Hall–Kier alpha value is -3.22. The number of carbonyl (C=O) groups excluding carboxylic acids is 2. The Morgan fingerprint density at radius 1 is 0.976 bits per heavy atom. The maximum atomic E-state index is 13.1. The Balaban J connectivity index is 1.24. The van der Waals surface area contributed by atoms with Crippen molar-refractivity contribution in [3.8, 4) is 0 Å². The van der Waals surface area contributed by atoms with Gasteiger partial charge in [0, 0.05) is 12.6 Å². The van der Waals surface area contributed by atoms with E-state index in [0.717, 1.165) is 57.8 Å². The Kier molecular flexibility index (Phi) is 6.98. The van der Waals surface area contributed by atoms with Gasteiger partial charge in [-0.15, -0.1) is 0 Å². The number of nitrogens with one attached hydrogen (secondary N) is 1. The number of hydrogen-bond donors (Lipinski definition) is 1. The molecule has 2 amide bonds. The number of aryl methyl sites for hydroxylation is 1. The molecule has 4 aliphatic rings. The number of rotatable bonds is 6. The van der Waals surface area contributed by atoms with Crippen molar-refractivity contribution in [2.24, 2.45) is 23.2 Å². The molecule has 5 atom stereocenters. The van der Waals surface area contributed by atoms with E-state index in [-0.39, 0.29) is 40.2 Å². The Morgan fingerprint density at radius 3 is 2.34 bits per heavy atom. The third-order valence-corrected chi connectivity index (χ3v) is 11.1. The second kappa shape index (κ2) is 10.2. The second-order valence-electron chi connectivity index (χ2n) is 13.9. The summed E-state index contributed by atoms with van der Waals surface area (Å²) in [5.41, 5.74) is 5.11. The molecule has 218 valence electrons. The van der Waals surface area contributed by atoms with Crippen molar-refractivity contribution in [2.75, 3.05) is 16.8 Å². The highest BCUT2D eigenvalue weighted by atomic mass is 16.6. The largest absolute Gasteiger partial charge is 0.379 e. The molecule has 1 saturated heterocycles. The first kappa shape index (κ1) is 27.9. The van der Waals surface area contributed by atoms with Crippen molar-refractivity contribution < 1.29 is 14.5 Å². The standard InChI is InChI=1S/C34H43N3O4/c1-21(2)22-10-13-27-23(18-22)11-15-30-33(3,16-7-17-34(27,30)4)20-35-28-14-12-24(19-29(28)37(40)41)36-31(38)25-8-5-6-9-26(25)32(36)39/h10,12-14,18-19,21,25-26,30,35H,5-9,11,15-17,20H2,1-4H3. The van der Waals surface area contributed by atoms with Crippen molar-refractivity contribution >= 4 is 28.9 Å². The molecule has 7 heteroatoms. The van der Waals surface area contributed by atoms with Crippen LogP contribution in [0.4, 0.5) is 17.1 Å². The van der Waals surface area contributed by atoms with Crippen LogP contribution < -0.4 is 10.2 Å². The average molecular weight is 558 g/mol. The second-order valence-corrected chi connectivity index (χ2v) is 13.9. The van der Waals surface area contributed by atoms with E-state index in [1.54, 1.807) is 12.1 Å². The number of nitro groups is 1. The van der Waals surface area contributed by atoms with Gasteiger partial charge < -0.3 is 5.32 Å². The molecule has 1 N–H and O–H groups in total. The van der Waals surface area contributed by atoms with Crippen LogP contribution in [0.25, 0.3) is 0 Å². The van der Waals surface area contributed by atoms with Crippen LogP contribution in [0.3, 0.4) is 0 Å². The lowest BCUT2D eigenvalue weighted by atomic mass is 9.49. The summed E-state index contributed by atoms with van der Waals surface area (Å²) in [6.45, 7) is 9.91. The number of fused-ring (bicyclic) bond motifs is 4. The molecule has 5 unspecified atom stereocenters. The fourth-order valence-electron chi connectivity index (χ4n) is 8.89. The minimum absolute atomic E-state index is 0.0233. The Morgan fingerprint density at radius 2 is 1.68 bits per heavy atom. The highest BCUT2D eigenvalue weighted by Crippen LogP contribution is 2.57. The van der Waals surface area contributed by atoms with Gasteiger partial charge in [0.25, 0.3) is 5.69 Å². The molecule has 2 aromatic carbocycles. The quantitative estimate of drug-likeness (QED) is 0.225. The van der Waals surface area contributed by atoms with E-state index in [2.05, 4.69) is 51.2 Å². The molecule has 41 heavy (non-hydrogen) atoms. The van der Waals surface area contributed by atoms with Crippen LogP contribution in [0.2, 0.25) is 0 Å². The molecule has 0 bridgehead atoms. The van der Waals surface area contributed by atoms with Gasteiger partial charge in [-0.25, -0.2) is 4.90 Å². The lowest BCUT2D eigenvalue weighted by molar-refractivity contribution is -0.383. The number of benzene rings is 2. The van der Waals surface area contributed by atoms with Crippen molar-refractivity contribution in [3.05, 3.63) is 63.2 Å². The molecule has 3 aliphatic carbocycles. The van der Waals surface area contributed by atoms with Gasteiger partial charge in [0.15, 0.2) is 0 Å². The highest BCUT2D eigenvalue weighted by molar-refractivity contribution is 6.22. The first-order valence-corrected chi connectivity index (χ1v) is 15.6. The number of amides is 2. The smallest absolute Gasteiger partial charge is 0.294 e. The van der Waals surface area contributed by atoms with Gasteiger partial charge in [0.05, 0.1) is 22.4 Å². The van der Waals surface area contributed by atoms with Crippen LogP contribution >= 0.6 is 0 Å². The maximum Gasteiger partial charge on any atom is 0.294 e. The zero-order valence-corrected chi connectivity index (χ0v) is 24.9. The summed E-state index contributed by atoms with van der Waals surface area (Å²) >= 11 is 0. The van der Waals surface area contributed by atoms with Crippen LogP contribution in [0.1, 0.15) is 102 Å². The molecule has 0 radical (unpaired) electrons. The lowest BCUT2D eigenvalue weighted by Crippen LogP contribution is -2.51. The molecule has 0 spiro atoms. The van der Waals surface area contributed by atoms with Crippen LogP contribution in [-0.2, 0) is 21.4 Å². The molecular formula is C34H43N3O4. The van der Waals surface area contributed by atoms with E-state index in [1.165, 1.54) is 27.7 Å². The van der Waals surface area contributed by atoms with Crippen LogP contribution in [0.5, 0.6) is 0 Å². The van der Waals surface area contributed by atoms with Gasteiger partial charge in [-0.05, 0) is 90.0 Å². The normalized spacial score (nSPS) is 31.0. The zero-order chi connectivity index (χ0) is 29.1. The van der Waals surface area contributed by atoms with Crippen LogP contribution in [0.15, 0.2) is 36.4 Å². The number of anilines is 2. The Bertz CT molecular complexity index is 1380. The molecular weight excluding hydrogens is 514 g/mol. The monoisotopic (exact) mass is 557 g/mol. The third-order valence-electron chi connectivity index (χ3n) is 11.1. The van der Waals surface area contributed by atoms with Gasteiger partial charge in [-0.2, -0.15) is 0 Å². The first-order valence-electron chi connectivity index (χ1n) is 15.6. The molecule has 3 fully saturated rings. The van der Waals surface area contributed by atoms with E-state index >= 15 is 0 Å². The van der Waals surface area contributed by atoms with Gasteiger partial charge in [0.1, 0.15) is 5.69 Å².